The van der Waals surface area contributed by atoms with E-state index in [1.54, 1.807) is 25.3 Å². The molecule has 0 aliphatic heterocycles. The number of anilines is 1. The van der Waals surface area contributed by atoms with Crippen molar-refractivity contribution in [3.63, 3.8) is 0 Å². The minimum atomic E-state index is -0.924. The summed E-state index contributed by atoms with van der Waals surface area (Å²) in [6, 6.07) is 4.95. The van der Waals surface area contributed by atoms with Crippen molar-refractivity contribution in [1.29, 1.82) is 0 Å². The Bertz CT molecular complexity index is 426. The molecule has 5 nitrogen and oxygen atoms in total. The van der Waals surface area contributed by atoms with Crippen molar-refractivity contribution >= 4 is 27.6 Å². The quantitative estimate of drug-likeness (QED) is 0.764. The maximum atomic E-state index is 10.8. The molecule has 0 fully saturated rings. The number of hydrogen-bond donors (Lipinski definition) is 2. The van der Waals surface area contributed by atoms with E-state index in [4.69, 9.17) is 9.84 Å². The average Bonchev–Trinajstić information content (AvgIpc) is 2.38. The van der Waals surface area contributed by atoms with Crippen LogP contribution in [-0.2, 0) is 4.74 Å². The zero-order valence-corrected chi connectivity index (χ0v) is 12.7. The van der Waals surface area contributed by atoms with Crippen LogP contribution in [0.4, 0.5) is 5.69 Å². The van der Waals surface area contributed by atoms with Gasteiger partial charge in [-0.15, -0.1) is 0 Å². The molecule has 106 valence electrons. The van der Waals surface area contributed by atoms with E-state index < -0.39 is 5.97 Å². The van der Waals surface area contributed by atoms with Gasteiger partial charge in [0.05, 0.1) is 12.2 Å². The summed E-state index contributed by atoms with van der Waals surface area (Å²) < 4.78 is 5.76. The summed E-state index contributed by atoms with van der Waals surface area (Å²) in [6.45, 7) is 3.27. The van der Waals surface area contributed by atoms with Crippen LogP contribution in [0.25, 0.3) is 0 Å². The third-order valence-corrected chi connectivity index (χ3v) is 3.36. The van der Waals surface area contributed by atoms with Crippen molar-refractivity contribution in [2.45, 2.75) is 0 Å². The van der Waals surface area contributed by atoms with Crippen molar-refractivity contribution in [1.82, 2.24) is 4.90 Å². The summed E-state index contributed by atoms with van der Waals surface area (Å²) >= 11 is 3.37. The second kappa shape index (κ2) is 8.14. The minimum Gasteiger partial charge on any atom is -0.478 e. The summed E-state index contributed by atoms with van der Waals surface area (Å²) in [5, 5.41) is 12.1. The highest BCUT2D eigenvalue weighted by Crippen LogP contribution is 2.23. The predicted molar refractivity (Wildman–Crippen MR) is 79.0 cm³/mol. The summed E-state index contributed by atoms with van der Waals surface area (Å²) in [7, 11) is 3.72. The zero-order valence-electron chi connectivity index (χ0n) is 11.1. The van der Waals surface area contributed by atoms with E-state index in [1.807, 2.05) is 7.05 Å². The molecular weight excluding hydrogens is 312 g/mol. The lowest BCUT2D eigenvalue weighted by molar-refractivity contribution is 0.0697. The number of ether oxygens (including phenoxy) is 1. The number of aromatic carboxylic acids is 1. The molecule has 0 saturated carbocycles. The van der Waals surface area contributed by atoms with Gasteiger partial charge in [-0.1, -0.05) is 0 Å². The number of benzene rings is 1. The van der Waals surface area contributed by atoms with Crippen LogP contribution in [0.2, 0.25) is 0 Å². The first-order chi connectivity index (χ1) is 9.04. The van der Waals surface area contributed by atoms with Crippen LogP contribution in [0, 0.1) is 0 Å². The maximum Gasteiger partial charge on any atom is 0.335 e. The van der Waals surface area contributed by atoms with Gasteiger partial charge in [0.2, 0.25) is 0 Å². The van der Waals surface area contributed by atoms with Gasteiger partial charge in [0.1, 0.15) is 0 Å². The fourth-order valence-electron chi connectivity index (χ4n) is 1.53. The van der Waals surface area contributed by atoms with E-state index in [1.165, 1.54) is 0 Å². The standard InChI is InChI=1S/C13H19BrN2O3/c1-16(7-8-19-2)6-5-15-12-4-3-10(13(17)18)9-11(12)14/h3-4,9,15H,5-8H2,1-2H3,(H,17,18). The molecule has 1 aromatic carbocycles. The molecule has 0 aliphatic rings. The molecule has 0 radical (unpaired) electrons. The fourth-order valence-corrected chi connectivity index (χ4v) is 2.05. The Morgan fingerprint density at radius 3 is 2.79 bits per heavy atom. The van der Waals surface area contributed by atoms with Gasteiger partial charge in [-0.05, 0) is 41.2 Å². The first-order valence-electron chi connectivity index (χ1n) is 5.98. The minimum absolute atomic E-state index is 0.273. The van der Waals surface area contributed by atoms with Gasteiger partial charge in [-0.25, -0.2) is 4.79 Å². The Morgan fingerprint density at radius 2 is 2.21 bits per heavy atom. The molecule has 0 saturated heterocycles. The van der Waals surface area contributed by atoms with Crippen LogP contribution < -0.4 is 5.32 Å². The number of rotatable bonds is 8. The van der Waals surface area contributed by atoms with Crippen molar-refractivity contribution in [2.75, 3.05) is 45.7 Å². The van der Waals surface area contributed by atoms with Gasteiger partial charge in [0.25, 0.3) is 0 Å². The number of carbonyl (C=O) groups is 1. The lowest BCUT2D eigenvalue weighted by atomic mass is 10.2. The van der Waals surface area contributed by atoms with E-state index in [0.717, 1.165) is 29.8 Å². The summed E-state index contributed by atoms with van der Waals surface area (Å²) in [5.41, 5.74) is 1.17. The number of nitrogens with zero attached hydrogens (tertiary/aromatic N) is 1. The molecule has 0 atom stereocenters. The zero-order chi connectivity index (χ0) is 14.3. The van der Waals surface area contributed by atoms with Gasteiger partial charge in [-0.2, -0.15) is 0 Å². The number of methoxy groups -OCH3 is 1. The van der Waals surface area contributed by atoms with E-state index in [0.29, 0.717) is 6.61 Å². The molecule has 0 spiro atoms. The van der Waals surface area contributed by atoms with Gasteiger partial charge in [0, 0.05) is 36.9 Å². The van der Waals surface area contributed by atoms with E-state index >= 15 is 0 Å². The number of carboxylic acids is 1. The molecular formula is C13H19BrN2O3. The molecule has 6 heteroatoms. The lowest BCUT2D eigenvalue weighted by Crippen LogP contribution is -2.28. The molecule has 1 aromatic rings. The third kappa shape index (κ3) is 5.59. The predicted octanol–water partition coefficient (Wildman–Crippen LogP) is 2.14. The first kappa shape index (κ1) is 15.9. The maximum absolute atomic E-state index is 10.8. The van der Waals surface area contributed by atoms with Crippen LogP contribution >= 0.6 is 15.9 Å². The Hall–Kier alpha value is -1.11. The van der Waals surface area contributed by atoms with Crippen molar-refractivity contribution in [3.8, 4) is 0 Å². The van der Waals surface area contributed by atoms with Crippen LogP contribution in [0.15, 0.2) is 22.7 Å². The van der Waals surface area contributed by atoms with E-state index in [2.05, 4.69) is 26.1 Å². The molecule has 0 aliphatic carbocycles. The van der Waals surface area contributed by atoms with E-state index in [9.17, 15) is 4.79 Å². The monoisotopic (exact) mass is 330 g/mol. The highest BCUT2D eigenvalue weighted by Gasteiger charge is 2.06. The van der Waals surface area contributed by atoms with Crippen LogP contribution in [-0.4, -0.2) is 56.4 Å². The average molecular weight is 331 g/mol. The van der Waals surface area contributed by atoms with Gasteiger partial charge in [-0.3, -0.25) is 0 Å². The highest BCUT2D eigenvalue weighted by molar-refractivity contribution is 9.10. The SMILES string of the molecule is COCCN(C)CCNc1ccc(C(=O)O)cc1Br. The Kier molecular flexibility index (Phi) is 6.83. The Labute approximate surface area is 121 Å². The van der Waals surface area contributed by atoms with Gasteiger partial charge >= 0.3 is 5.97 Å². The molecule has 0 aromatic heterocycles. The van der Waals surface area contributed by atoms with Gasteiger partial charge in [0.15, 0.2) is 0 Å². The third-order valence-electron chi connectivity index (χ3n) is 2.70. The molecule has 0 bridgehead atoms. The number of likely N-dealkylation sites (N-methyl/N-ethyl adjacent to an activating group) is 1. The molecule has 2 N–H and O–H groups in total. The summed E-state index contributed by atoms with van der Waals surface area (Å²) in [5.74, 6) is -0.924. The summed E-state index contributed by atoms with van der Waals surface area (Å²) in [6.07, 6.45) is 0. The topological polar surface area (TPSA) is 61.8 Å². The summed E-state index contributed by atoms with van der Waals surface area (Å²) in [4.78, 5) is 13.0. The molecule has 19 heavy (non-hydrogen) atoms. The Morgan fingerprint density at radius 1 is 1.47 bits per heavy atom. The van der Waals surface area contributed by atoms with Crippen LogP contribution in [0.5, 0.6) is 0 Å². The lowest BCUT2D eigenvalue weighted by Gasteiger charge is -2.17. The normalized spacial score (nSPS) is 10.7. The van der Waals surface area contributed by atoms with Crippen molar-refractivity contribution in [2.24, 2.45) is 0 Å². The second-order valence-corrected chi connectivity index (χ2v) is 5.08. The first-order valence-corrected chi connectivity index (χ1v) is 6.78. The number of halogens is 1. The van der Waals surface area contributed by atoms with Crippen LogP contribution in [0.1, 0.15) is 10.4 Å². The largest absolute Gasteiger partial charge is 0.478 e. The number of carboxylic acid groups (broad SMARTS) is 1. The molecule has 1 rings (SSSR count). The van der Waals surface area contributed by atoms with Crippen molar-refractivity contribution < 1.29 is 14.6 Å². The fraction of sp³-hybridized carbons (Fsp3) is 0.462. The number of nitrogens with one attached hydrogen (secondary N) is 1. The highest BCUT2D eigenvalue weighted by atomic mass is 79.9. The molecule has 0 unspecified atom stereocenters. The molecule has 0 amide bonds. The van der Waals surface area contributed by atoms with E-state index in [-0.39, 0.29) is 5.56 Å². The van der Waals surface area contributed by atoms with Crippen molar-refractivity contribution in [3.05, 3.63) is 28.2 Å². The number of hydrogen-bond acceptors (Lipinski definition) is 4. The Balaban J connectivity index is 2.43. The smallest absolute Gasteiger partial charge is 0.335 e. The van der Waals surface area contributed by atoms with Gasteiger partial charge < -0.3 is 20.1 Å². The second-order valence-electron chi connectivity index (χ2n) is 4.22. The molecule has 0 heterocycles. The van der Waals surface area contributed by atoms with Crippen LogP contribution in [0.3, 0.4) is 0 Å².